The van der Waals surface area contributed by atoms with Crippen molar-refractivity contribution in [3.05, 3.63) is 45.7 Å². The molecule has 0 aliphatic rings. The number of benzene rings is 1. The largest absolute Gasteiger partial charge is 0.379 e. The molecule has 0 radical (unpaired) electrons. The van der Waals surface area contributed by atoms with Gasteiger partial charge in [0.25, 0.3) is 0 Å². The van der Waals surface area contributed by atoms with Crippen LogP contribution in [-0.2, 0) is 12.6 Å². The first-order valence-electron chi connectivity index (χ1n) is 5.07. The van der Waals surface area contributed by atoms with E-state index in [1.165, 1.54) is 11.6 Å². The average molecular weight is 318 g/mol. The van der Waals surface area contributed by atoms with Gasteiger partial charge in [-0.3, -0.25) is 0 Å². The third-order valence-corrected chi connectivity index (χ3v) is 3.21. The lowest BCUT2D eigenvalue weighted by Gasteiger charge is -2.24. The monoisotopic (exact) mass is 317 g/mol. The van der Waals surface area contributed by atoms with Gasteiger partial charge in [-0.2, -0.15) is 0 Å². The second-order valence-corrected chi connectivity index (χ2v) is 4.83. The highest BCUT2D eigenvalue weighted by Crippen LogP contribution is 2.33. The molecule has 0 aliphatic carbocycles. The van der Waals surface area contributed by atoms with Crippen LogP contribution >= 0.6 is 15.9 Å². The van der Waals surface area contributed by atoms with Crippen molar-refractivity contribution >= 4 is 15.9 Å². The summed E-state index contributed by atoms with van der Waals surface area (Å²) in [7, 11) is 1.58. The number of halogens is 3. The number of aliphatic hydroxyl groups is 1. The number of rotatable bonds is 2. The molecule has 96 valence electrons. The first-order chi connectivity index (χ1) is 8.32. The molecule has 0 bridgehead atoms. The molecule has 0 saturated carbocycles. The fourth-order valence-corrected chi connectivity index (χ4v) is 2.53. The number of hydrogen-bond donors (Lipinski definition) is 1. The van der Waals surface area contributed by atoms with Crippen LogP contribution in [0.15, 0.2) is 22.8 Å². The Morgan fingerprint density at radius 1 is 1.28 bits per heavy atom. The van der Waals surface area contributed by atoms with Crippen LogP contribution in [0.1, 0.15) is 18.2 Å². The van der Waals surface area contributed by atoms with Crippen LogP contribution in [0.25, 0.3) is 0 Å². The van der Waals surface area contributed by atoms with Gasteiger partial charge in [0.1, 0.15) is 22.9 Å². The molecule has 0 aliphatic heterocycles. The molecule has 1 aromatic heterocycles. The first-order valence-corrected chi connectivity index (χ1v) is 5.86. The lowest BCUT2D eigenvalue weighted by atomic mass is 9.92. The molecule has 0 saturated heterocycles. The van der Waals surface area contributed by atoms with Gasteiger partial charge in [0.15, 0.2) is 4.60 Å². The lowest BCUT2D eigenvalue weighted by Crippen LogP contribution is -2.27. The van der Waals surface area contributed by atoms with Gasteiger partial charge < -0.3 is 5.11 Å². The molecule has 1 atom stereocenters. The van der Waals surface area contributed by atoms with Gasteiger partial charge in [-0.1, -0.05) is 5.21 Å². The van der Waals surface area contributed by atoms with Crippen molar-refractivity contribution in [1.82, 2.24) is 15.0 Å². The fraction of sp³-hybridized carbons (Fsp3) is 0.273. The first kappa shape index (κ1) is 13.1. The summed E-state index contributed by atoms with van der Waals surface area (Å²) in [5.74, 6) is -1.51. The molecule has 4 nitrogen and oxygen atoms in total. The van der Waals surface area contributed by atoms with E-state index in [1.54, 1.807) is 7.05 Å². The molecule has 2 rings (SSSR count). The minimum atomic E-state index is -1.61. The van der Waals surface area contributed by atoms with E-state index in [2.05, 4.69) is 26.2 Å². The van der Waals surface area contributed by atoms with Crippen molar-refractivity contribution in [2.24, 2.45) is 7.05 Å². The van der Waals surface area contributed by atoms with Crippen molar-refractivity contribution in [2.45, 2.75) is 12.5 Å². The van der Waals surface area contributed by atoms with Crippen LogP contribution < -0.4 is 0 Å². The van der Waals surface area contributed by atoms with Crippen LogP contribution in [0.2, 0.25) is 0 Å². The number of hydrogen-bond acceptors (Lipinski definition) is 3. The van der Waals surface area contributed by atoms with Crippen molar-refractivity contribution < 1.29 is 13.9 Å². The van der Waals surface area contributed by atoms with E-state index in [9.17, 15) is 13.9 Å². The zero-order valence-corrected chi connectivity index (χ0v) is 11.2. The van der Waals surface area contributed by atoms with E-state index in [-0.39, 0.29) is 5.56 Å². The Bertz CT molecular complexity index is 558. The smallest absolute Gasteiger partial charge is 0.154 e. The highest BCUT2D eigenvalue weighted by atomic mass is 79.9. The summed E-state index contributed by atoms with van der Waals surface area (Å²) in [6.45, 7) is 1.42. The summed E-state index contributed by atoms with van der Waals surface area (Å²) in [5, 5.41) is 18.0. The third-order valence-electron chi connectivity index (χ3n) is 2.67. The number of aryl methyl sites for hydroxylation is 1. The topological polar surface area (TPSA) is 50.9 Å². The van der Waals surface area contributed by atoms with Gasteiger partial charge in [-0.15, -0.1) is 5.10 Å². The Kier molecular flexibility index (Phi) is 3.20. The van der Waals surface area contributed by atoms with Gasteiger partial charge in [0, 0.05) is 13.1 Å². The molecule has 0 spiro atoms. The Morgan fingerprint density at radius 2 is 1.83 bits per heavy atom. The Hall–Kier alpha value is -1.34. The quantitative estimate of drug-likeness (QED) is 0.923. The summed E-state index contributed by atoms with van der Waals surface area (Å²) in [4.78, 5) is 0. The molecule has 2 aromatic rings. The second-order valence-electron chi connectivity index (χ2n) is 4.08. The Balaban J connectivity index is 2.61. The van der Waals surface area contributed by atoms with E-state index >= 15 is 0 Å². The molecule has 1 unspecified atom stereocenters. The maximum atomic E-state index is 13.2. The van der Waals surface area contributed by atoms with Crippen molar-refractivity contribution in [3.8, 4) is 0 Å². The molecule has 1 N–H and O–H groups in total. The molecular formula is C11H10BrF2N3O. The van der Waals surface area contributed by atoms with Gasteiger partial charge in [0.05, 0.1) is 0 Å². The van der Waals surface area contributed by atoms with Gasteiger partial charge >= 0.3 is 0 Å². The van der Waals surface area contributed by atoms with Gasteiger partial charge in [0.2, 0.25) is 0 Å². The second kappa shape index (κ2) is 4.40. The van der Waals surface area contributed by atoms with E-state index in [0.29, 0.717) is 10.3 Å². The average Bonchev–Trinajstić information content (AvgIpc) is 2.57. The fourth-order valence-electron chi connectivity index (χ4n) is 1.82. The standard InChI is InChI=1S/C11H10BrF2N3O/c1-11(18,9-10(12)15-16-17(9)2)6-3-7(13)5-8(14)4-6/h3-5,18H,1-2H3. The van der Waals surface area contributed by atoms with Crippen LogP contribution in [0.5, 0.6) is 0 Å². The molecule has 1 heterocycles. The Morgan fingerprint density at radius 3 is 2.28 bits per heavy atom. The van der Waals surface area contributed by atoms with Crippen LogP contribution in [0.4, 0.5) is 8.78 Å². The zero-order chi connectivity index (χ0) is 13.5. The lowest BCUT2D eigenvalue weighted by molar-refractivity contribution is 0.0913. The van der Waals surface area contributed by atoms with E-state index in [4.69, 9.17) is 0 Å². The van der Waals surface area contributed by atoms with E-state index in [1.807, 2.05) is 0 Å². The minimum absolute atomic E-state index is 0.0890. The molecule has 18 heavy (non-hydrogen) atoms. The highest BCUT2D eigenvalue weighted by molar-refractivity contribution is 9.10. The number of nitrogens with zero attached hydrogens (tertiary/aromatic N) is 3. The molecule has 1 aromatic carbocycles. The number of aromatic nitrogens is 3. The highest BCUT2D eigenvalue weighted by Gasteiger charge is 2.33. The summed E-state index contributed by atoms with van der Waals surface area (Å²) >= 11 is 3.15. The van der Waals surface area contributed by atoms with Crippen LogP contribution in [-0.4, -0.2) is 20.1 Å². The van der Waals surface area contributed by atoms with Gasteiger partial charge in [-0.05, 0) is 40.5 Å². The van der Waals surface area contributed by atoms with Crippen molar-refractivity contribution in [2.75, 3.05) is 0 Å². The van der Waals surface area contributed by atoms with E-state index in [0.717, 1.165) is 18.2 Å². The Labute approximate surface area is 110 Å². The summed E-state index contributed by atoms with van der Waals surface area (Å²) in [6.07, 6.45) is 0. The predicted molar refractivity (Wildman–Crippen MR) is 63.7 cm³/mol. The van der Waals surface area contributed by atoms with E-state index < -0.39 is 17.2 Å². The van der Waals surface area contributed by atoms with Crippen LogP contribution in [0.3, 0.4) is 0 Å². The summed E-state index contributed by atoms with van der Waals surface area (Å²) in [6, 6.07) is 2.89. The van der Waals surface area contributed by atoms with Crippen molar-refractivity contribution in [1.29, 1.82) is 0 Å². The molecule has 7 heteroatoms. The van der Waals surface area contributed by atoms with Gasteiger partial charge in [-0.25, -0.2) is 13.5 Å². The molecule has 0 amide bonds. The summed E-state index contributed by atoms with van der Waals surface area (Å²) < 4.78 is 28.1. The summed E-state index contributed by atoms with van der Waals surface area (Å²) in [5.41, 5.74) is -1.21. The van der Waals surface area contributed by atoms with Crippen LogP contribution in [0, 0.1) is 11.6 Å². The zero-order valence-electron chi connectivity index (χ0n) is 9.65. The molecular weight excluding hydrogens is 308 g/mol. The SMILES string of the molecule is Cn1nnc(Br)c1C(C)(O)c1cc(F)cc(F)c1. The van der Waals surface area contributed by atoms with Crippen molar-refractivity contribution in [3.63, 3.8) is 0 Å². The predicted octanol–water partition coefficient (Wildman–Crippen LogP) is 2.11. The minimum Gasteiger partial charge on any atom is -0.379 e. The molecule has 0 fully saturated rings. The normalized spacial score (nSPS) is 14.6. The maximum absolute atomic E-state index is 13.2. The maximum Gasteiger partial charge on any atom is 0.154 e. The third kappa shape index (κ3) is 2.15.